The van der Waals surface area contributed by atoms with Gasteiger partial charge in [-0.25, -0.2) is 0 Å². The first-order valence-electron chi connectivity index (χ1n) is 3.67. The number of hydrogen-bond acceptors (Lipinski definition) is 3. The molecule has 66 valence electrons. The Morgan fingerprint density at radius 3 is 2.85 bits per heavy atom. The van der Waals surface area contributed by atoms with Crippen molar-refractivity contribution in [2.24, 2.45) is 0 Å². The van der Waals surface area contributed by atoms with E-state index in [1.54, 1.807) is 12.3 Å². The van der Waals surface area contributed by atoms with Crippen LogP contribution in [0.4, 0.5) is 0 Å². The average molecular weight is 196 g/mol. The van der Waals surface area contributed by atoms with Crippen molar-refractivity contribution in [3.63, 3.8) is 0 Å². The van der Waals surface area contributed by atoms with Crippen LogP contribution in [0.25, 0.3) is 10.9 Å². The zero-order chi connectivity index (χ0) is 9.42. The smallest absolute Gasteiger partial charge is 0.423 e. The largest absolute Gasteiger partial charge is 0.488 e. The summed E-state index contributed by atoms with van der Waals surface area (Å²) in [5, 5.41) is 25.5. The van der Waals surface area contributed by atoms with Crippen molar-refractivity contribution in [1.29, 1.82) is 0 Å². The molecule has 3 N–H and O–H groups in total. The molecular formula is C7H6BClN2O2. The summed E-state index contributed by atoms with van der Waals surface area (Å²) in [5.74, 6) is 0. The third-order valence-electron chi connectivity index (χ3n) is 1.83. The van der Waals surface area contributed by atoms with Gasteiger partial charge in [0.15, 0.2) is 0 Å². The van der Waals surface area contributed by atoms with Crippen LogP contribution in [-0.4, -0.2) is 27.4 Å². The molecule has 0 radical (unpaired) electrons. The highest BCUT2D eigenvalue weighted by Crippen LogP contribution is 2.19. The molecule has 0 saturated carbocycles. The van der Waals surface area contributed by atoms with Crippen molar-refractivity contribution in [1.82, 2.24) is 10.2 Å². The SMILES string of the molecule is OB(O)c1cc(Cl)c2cn[nH]c2c1. The van der Waals surface area contributed by atoms with Crippen molar-refractivity contribution >= 4 is 35.1 Å². The zero-order valence-electron chi connectivity index (χ0n) is 6.53. The third kappa shape index (κ3) is 1.41. The van der Waals surface area contributed by atoms with Gasteiger partial charge in [0.1, 0.15) is 0 Å². The van der Waals surface area contributed by atoms with Crippen molar-refractivity contribution in [3.8, 4) is 0 Å². The van der Waals surface area contributed by atoms with E-state index in [-0.39, 0.29) is 0 Å². The van der Waals surface area contributed by atoms with Crippen LogP contribution in [0.1, 0.15) is 0 Å². The second-order valence-corrected chi connectivity index (χ2v) is 3.11. The zero-order valence-corrected chi connectivity index (χ0v) is 7.28. The number of aromatic nitrogens is 2. The molecule has 0 aliphatic heterocycles. The van der Waals surface area contributed by atoms with Gasteiger partial charge in [0, 0.05) is 5.39 Å². The topological polar surface area (TPSA) is 69.1 Å². The Balaban J connectivity index is 2.70. The van der Waals surface area contributed by atoms with Gasteiger partial charge in [-0.15, -0.1) is 0 Å². The van der Waals surface area contributed by atoms with Crippen LogP contribution in [0.5, 0.6) is 0 Å². The fraction of sp³-hybridized carbons (Fsp3) is 0. The minimum atomic E-state index is -1.51. The van der Waals surface area contributed by atoms with E-state index in [1.807, 2.05) is 0 Å². The molecule has 4 nitrogen and oxygen atoms in total. The summed E-state index contributed by atoms with van der Waals surface area (Å²) in [6.07, 6.45) is 1.59. The average Bonchev–Trinajstić information content (AvgIpc) is 2.51. The molecule has 0 bridgehead atoms. The molecule has 6 heteroatoms. The van der Waals surface area contributed by atoms with Crippen molar-refractivity contribution in [3.05, 3.63) is 23.4 Å². The standard InChI is InChI=1S/C7H6BClN2O2/c9-6-1-4(8(12)13)2-7-5(6)3-10-11-7/h1-3,12-13H,(H,10,11). The number of nitrogens with one attached hydrogen (secondary N) is 1. The summed E-state index contributed by atoms with van der Waals surface area (Å²) in [5.41, 5.74) is 1.04. The van der Waals surface area contributed by atoms with Crippen LogP contribution in [-0.2, 0) is 0 Å². The number of hydrogen-bond donors (Lipinski definition) is 3. The lowest BCUT2D eigenvalue weighted by atomic mass is 9.80. The molecule has 0 atom stereocenters. The molecule has 1 aromatic heterocycles. The maximum atomic E-state index is 8.91. The molecule has 0 spiro atoms. The Labute approximate surface area is 79.3 Å². The highest BCUT2D eigenvalue weighted by Gasteiger charge is 2.13. The Kier molecular flexibility index (Phi) is 1.99. The van der Waals surface area contributed by atoms with E-state index >= 15 is 0 Å². The van der Waals surface area contributed by atoms with Crippen LogP contribution in [0.15, 0.2) is 18.3 Å². The number of halogens is 1. The number of benzene rings is 1. The molecule has 0 saturated heterocycles. The van der Waals surface area contributed by atoms with Gasteiger partial charge < -0.3 is 10.0 Å². The van der Waals surface area contributed by atoms with Gasteiger partial charge in [-0.3, -0.25) is 5.10 Å². The molecule has 2 aromatic rings. The quantitative estimate of drug-likeness (QED) is 0.558. The number of nitrogens with zero attached hydrogens (tertiary/aromatic N) is 1. The van der Waals surface area contributed by atoms with E-state index in [0.717, 1.165) is 5.39 Å². The molecule has 1 aromatic carbocycles. The van der Waals surface area contributed by atoms with Crippen LogP contribution in [0.3, 0.4) is 0 Å². The molecule has 0 aliphatic rings. The number of H-pyrrole nitrogens is 1. The first-order chi connectivity index (χ1) is 6.18. The number of aromatic amines is 1. The first kappa shape index (κ1) is 8.56. The van der Waals surface area contributed by atoms with Crippen molar-refractivity contribution in [2.75, 3.05) is 0 Å². The van der Waals surface area contributed by atoms with Crippen LogP contribution in [0.2, 0.25) is 5.02 Å². The number of rotatable bonds is 1. The van der Waals surface area contributed by atoms with Gasteiger partial charge in [-0.1, -0.05) is 11.6 Å². The molecule has 0 unspecified atom stereocenters. The lowest BCUT2D eigenvalue weighted by Gasteiger charge is -2.00. The first-order valence-corrected chi connectivity index (χ1v) is 4.05. The summed E-state index contributed by atoms with van der Waals surface area (Å²) < 4.78 is 0. The monoisotopic (exact) mass is 196 g/mol. The molecule has 0 aliphatic carbocycles. The van der Waals surface area contributed by atoms with Gasteiger partial charge in [0.2, 0.25) is 0 Å². The summed E-state index contributed by atoms with van der Waals surface area (Å²) in [7, 11) is -1.51. The van der Waals surface area contributed by atoms with Crippen molar-refractivity contribution in [2.45, 2.75) is 0 Å². The van der Waals surface area contributed by atoms with E-state index in [2.05, 4.69) is 10.2 Å². The highest BCUT2D eigenvalue weighted by atomic mass is 35.5. The van der Waals surface area contributed by atoms with E-state index in [1.165, 1.54) is 6.07 Å². The summed E-state index contributed by atoms with van der Waals surface area (Å²) in [4.78, 5) is 0. The number of fused-ring (bicyclic) bond motifs is 1. The fourth-order valence-electron chi connectivity index (χ4n) is 1.18. The highest BCUT2D eigenvalue weighted by molar-refractivity contribution is 6.59. The Morgan fingerprint density at radius 2 is 2.15 bits per heavy atom. The van der Waals surface area contributed by atoms with E-state index in [0.29, 0.717) is 16.0 Å². The molecule has 2 rings (SSSR count). The van der Waals surface area contributed by atoms with Crippen molar-refractivity contribution < 1.29 is 10.0 Å². The van der Waals surface area contributed by atoms with Gasteiger partial charge in [-0.05, 0) is 17.6 Å². The molecule has 1 heterocycles. The summed E-state index contributed by atoms with van der Waals surface area (Å²) in [6, 6.07) is 3.10. The predicted octanol–water partition coefficient (Wildman–Crippen LogP) is -0.104. The second-order valence-electron chi connectivity index (χ2n) is 2.71. The van der Waals surface area contributed by atoms with Gasteiger partial charge >= 0.3 is 7.12 Å². The molecule has 13 heavy (non-hydrogen) atoms. The Bertz CT molecular complexity index is 443. The van der Waals surface area contributed by atoms with Crippen LogP contribution < -0.4 is 5.46 Å². The van der Waals surface area contributed by atoms with E-state index in [4.69, 9.17) is 21.6 Å². The maximum absolute atomic E-state index is 8.91. The van der Waals surface area contributed by atoms with Gasteiger partial charge in [-0.2, -0.15) is 5.10 Å². The van der Waals surface area contributed by atoms with Gasteiger partial charge in [0.25, 0.3) is 0 Å². The van der Waals surface area contributed by atoms with Crippen LogP contribution in [0, 0.1) is 0 Å². The molecular weight excluding hydrogens is 190 g/mol. The maximum Gasteiger partial charge on any atom is 0.488 e. The normalized spacial score (nSPS) is 10.7. The third-order valence-corrected chi connectivity index (χ3v) is 2.14. The summed E-state index contributed by atoms with van der Waals surface area (Å²) >= 11 is 5.87. The molecule has 0 amide bonds. The Morgan fingerprint density at radius 1 is 1.38 bits per heavy atom. The minimum Gasteiger partial charge on any atom is -0.423 e. The predicted molar refractivity (Wildman–Crippen MR) is 50.9 cm³/mol. The van der Waals surface area contributed by atoms with E-state index < -0.39 is 7.12 Å². The van der Waals surface area contributed by atoms with E-state index in [9.17, 15) is 0 Å². The minimum absolute atomic E-state index is 0.349. The fourth-order valence-corrected chi connectivity index (χ4v) is 1.45. The second kappa shape index (κ2) is 3.03. The molecule has 0 fully saturated rings. The lowest BCUT2D eigenvalue weighted by Crippen LogP contribution is -2.29. The lowest BCUT2D eigenvalue weighted by molar-refractivity contribution is 0.426. The van der Waals surface area contributed by atoms with Gasteiger partial charge in [0.05, 0.1) is 16.7 Å². The van der Waals surface area contributed by atoms with Crippen LogP contribution >= 0.6 is 11.6 Å². The Hall–Kier alpha value is -1.04. The summed E-state index contributed by atoms with van der Waals surface area (Å²) in [6.45, 7) is 0.